The van der Waals surface area contributed by atoms with Crippen LogP contribution in [0.3, 0.4) is 0 Å². The quantitative estimate of drug-likeness (QED) is 0.698. The summed E-state index contributed by atoms with van der Waals surface area (Å²) in [7, 11) is 1.77. The van der Waals surface area contributed by atoms with E-state index in [4.69, 9.17) is 27.9 Å². The van der Waals surface area contributed by atoms with Crippen molar-refractivity contribution >= 4 is 23.2 Å². The molecule has 124 valence electrons. The highest BCUT2D eigenvalue weighted by Crippen LogP contribution is 2.30. The molecule has 0 unspecified atom stereocenters. The zero-order chi connectivity index (χ0) is 15.9. The van der Waals surface area contributed by atoms with Crippen molar-refractivity contribution in [2.45, 2.75) is 26.3 Å². The first-order valence-corrected chi connectivity index (χ1v) is 8.74. The molecule has 0 amide bonds. The number of ether oxygens (including phenoxy) is 1. The third-order valence-electron chi connectivity index (χ3n) is 4.29. The van der Waals surface area contributed by atoms with Crippen LogP contribution in [0.15, 0.2) is 12.1 Å². The minimum atomic E-state index is 0.691. The Morgan fingerprint density at radius 3 is 2.36 bits per heavy atom. The summed E-state index contributed by atoms with van der Waals surface area (Å²) in [6, 6.07) is 4.15. The van der Waals surface area contributed by atoms with Crippen molar-refractivity contribution in [2.75, 3.05) is 46.4 Å². The van der Waals surface area contributed by atoms with Crippen LogP contribution in [0.25, 0.3) is 0 Å². The first-order chi connectivity index (χ1) is 10.6. The summed E-state index contributed by atoms with van der Waals surface area (Å²) >= 11 is 12.6. The predicted molar refractivity (Wildman–Crippen MR) is 94.0 cm³/mol. The van der Waals surface area contributed by atoms with Crippen molar-refractivity contribution < 1.29 is 4.74 Å². The number of rotatable bonds is 7. The maximum atomic E-state index is 6.36. The summed E-state index contributed by atoms with van der Waals surface area (Å²) < 4.78 is 5.09. The number of piperazine rings is 1. The molecule has 1 fully saturated rings. The van der Waals surface area contributed by atoms with Gasteiger partial charge in [0.05, 0.1) is 10.0 Å². The molecule has 0 radical (unpaired) electrons. The Morgan fingerprint density at radius 2 is 1.68 bits per heavy atom. The van der Waals surface area contributed by atoms with E-state index in [2.05, 4.69) is 21.9 Å². The van der Waals surface area contributed by atoms with Gasteiger partial charge in [-0.05, 0) is 37.4 Å². The van der Waals surface area contributed by atoms with Gasteiger partial charge in [0.1, 0.15) is 0 Å². The van der Waals surface area contributed by atoms with Gasteiger partial charge in [-0.2, -0.15) is 0 Å². The highest BCUT2D eigenvalue weighted by molar-refractivity contribution is 6.42. The fourth-order valence-electron chi connectivity index (χ4n) is 2.80. The van der Waals surface area contributed by atoms with E-state index in [9.17, 15) is 0 Å². The highest BCUT2D eigenvalue weighted by Gasteiger charge is 2.18. The molecule has 3 nitrogen and oxygen atoms in total. The predicted octanol–water partition coefficient (Wildman–Crippen LogP) is 3.85. The number of nitrogens with zero attached hydrogens (tertiary/aromatic N) is 2. The van der Waals surface area contributed by atoms with E-state index in [0.29, 0.717) is 10.0 Å². The number of aryl methyl sites for hydroxylation is 1. The molecule has 1 aromatic rings. The molecule has 0 atom stereocenters. The number of unbranched alkanes of at least 4 members (excludes halogenated alkanes) is 1. The van der Waals surface area contributed by atoms with E-state index >= 15 is 0 Å². The Balaban J connectivity index is 1.77. The molecule has 1 saturated heterocycles. The lowest BCUT2D eigenvalue weighted by atomic mass is 10.1. The summed E-state index contributed by atoms with van der Waals surface area (Å²) in [6.07, 6.45) is 2.36. The van der Waals surface area contributed by atoms with E-state index in [1.54, 1.807) is 7.11 Å². The fraction of sp³-hybridized carbons (Fsp3) is 0.647. The second kappa shape index (κ2) is 9.09. The van der Waals surface area contributed by atoms with Gasteiger partial charge in [0.15, 0.2) is 0 Å². The lowest BCUT2D eigenvalue weighted by Crippen LogP contribution is -2.46. The summed E-state index contributed by atoms with van der Waals surface area (Å²) in [4.78, 5) is 4.99. The second-order valence-corrected chi connectivity index (χ2v) is 6.74. The summed E-state index contributed by atoms with van der Waals surface area (Å²) in [6.45, 7) is 9.35. The number of hydrogen-bond donors (Lipinski definition) is 0. The Bertz CT molecular complexity index is 474. The van der Waals surface area contributed by atoms with E-state index in [1.165, 1.54) is 13.0 Å². The van der Waals surface area contributed by atoms with Crippen LogP contribution in [0.4, 0.5) is 0 Å². The van der Waals surface area contributed by atoms with Gasteiger partial charge in [0.25, 0.3) is 0 Å². The van der Waals surface area contributed by atoms with Crippen LogP contribution in [0.1, 0.15) is 24.0 Å². The van der Waals surface area contributed by atoms with E-state index in [-0.39, 0.29) is 0 Å². The van der Waals surface area contributed by atoms with E-state index in [1.807, 2.05) is 6.92 Å². The van der Waals surface area contributed by atoms with Crippen LogP contribution < -0.4 is 0 Å². The Hall–Kier alpha value is -0.320. The van der Waals surface area contributed by atoms with Crippen molar-refractivity contribution in [3.05, 3.63) is 33.3 Å². The third-order valence-corrected chi connectivity index (χ3v) is 5.30. The van der Waals surface area contributed by atoms with Gasteiger partial charge in [-0.3, -0.25) is 4.90 Å². The summed E-state index contributed by atoms with van der Waals surface area (Å²) in [5, 5.41) is 1.40. The Labute approximate surface area is 144 Å². The van der Waals surface area contributed by atoms with Gasteiger partial charge in [-0.1, -0.05) is 35.3 Å². The van der Waals surface area contributed by atoms with Gasteiger partial charge >= 0.3 is 0 Å². The van der Waals surface area contributed by atoms with Gasteiger partial charge in [-0.25, -0.2) is 0 Å². The molecule has 1 heterocycles. The van der Waals surface area contributed by atoms with Crippen molar-refractivity contribution in [1.82, 2.24) is 9.80 Å². The molecule has 22 heavy (non-hydrogen) atoms. The highest BCUT2D eigenvalue weighted by atomic mass is 35.5. The van der Waals surface area contributed by atoms with Crippen molar-refractivity contribution in [3.63, 3.8) is 0 Å². The molecule has 1 aliphatic heterocycles. The van der Waals surface area contributed by atoms with Crippen molar-refractivity contribution in [1.29, 1.82) is 0 Å². The molecule has 0 aromatic heterocycles. The van der Waals surface area contributed by atoms with Crippen molar-refractivity contribution in [2.24, 2.45) is 0 Å². The maximum Gasteiger partial charge on any atom is 0.0640 e. The van der Waals surface area contributed by atoms with Gasteiger partial charge in [0, 0.05) is 46.4 Å². The number of hydrogen-bond acceptors (Lipinski definition) is 3. The monoisotopic (exact) mass is 344 g/mol. The van der Waals surface area contributed by atoms with Crippen LogP contribution in [-0.4, -0.2) is 56.2 Å². The Kier molecular flexibility index (Phi) is 7.45. The van der Waals surface area contributed by atoms with Crippen LogP contribution in [0.2, 0.25) is 10.0 Å². The fourth-order valence-corrected chi connectivity index (χ4v) is 3.26. The standard InChI is InChI=1S/C17H26Cl2N2O/c1-14-5-6-15(17(19)16(14)18)13-21-10-8-20(9-11-21)7-3-4-12-22-2/h5-6H,3-4,7-13H2,1-2H3. The van der Waals surface area contributed by atoms with Crippen molar-refractivity contribution in [3.8, 4) is 0 Å². The zero-order valence-electron chi connectivity index (χ0n) is 13.6. The topological polar surface area (TPSA) is 15.7 Å². The lowest BCUT2D eigenvalue weighted by Gasteiger charge is -2.35. The average molecular weight is 345 g/mol. The molecule has 0 saturated carbocycles. The Morgan fingerprint density at radius 1 is 1.00 bits per heavy atom. The van der Waals surface area contributed by atoms with E-state index in [0.717, 1.165) is 56.9 Å². The van der Waals surface area contributed by atoms with Crippen LogP contribution in [0, 0.1) is 6.92 Å². The number of benzene rings is 1. The van der Waals surface area contributed by atoms with Crippen LogP contribution in [-0.2, 0) is 11.3 Å². The number of halogens is 2. The first-order valence-electron chi connectivity index (χ1n) is 7.99. The lowest BCUT2D eigenvalue weighted by molar-refractivity contribution is 0.121. The molecule has 0 bridgehead atoms. The first kappa shape index (κ1) is 18.0. The minimum absolute atomic E-state index is 0.691. The minimum Gasteiger partial charge on any atom is -0.385 e. The molecule has 5 heteroatoms. The normalized spacial score (nSPS) is 17.1. The molecule has 0 N–H and O–H groups in total. The second-order valence-electron chi connectivity index (χ2n) is 5.99. The SMILES string of the molecule is COCCCCN1CCN(Cc2ccc(C)c(Cl)c2Cl)CC1. The van der Waals surface area contributed by atoms with Gasteiger partial charge < -0.3 is 9.64 Å². The zero-order valence-corrected chi connectivity index (χ0v) is 15.1. The molecule has 1 aliphatic rings. The van der Waals surface area contributed by atoms with Crippen LogP contribution in [0.5, 0.6) is 0 Å². The average Bonchev–Trinajstić information content (AvgIpc) is 2.53. The largest absolute Gasteiger partial charge is 0.385 e. The summed E-state index contributed by atoms with van der Waals surface area (Å²) in [5.74, 6) is 0. The van der Waals surface area contributed by atoms with Gasteiger partial charge in [0.2, 0.25) is 0 Å². The molecular weight excluding hydrogens is 319 g/mol. The smallest absolute Gasteiger partial charge is 0.0640 e. The molecule has 1 aromatic carbocycles. The molecular formula is C17H26Cl2N2O. The molecule has 0 spiro atoms. The molecule has 0 aliphatic carbocycles. The molecule has 2 rings (SSSR count). The maximum absolute atomic E-state index is 6.36. The van der Waals surface area contributed by atoms with Gasteiger partial charge in [-0.15, -0.1) is 0 Å². The third kappa shape index (κ3) is 5.10. The van der Waals surface area contributed by atoms with E-state index < -0.39 is 0 Å². The van der Waals surface area contributed by atoms with Crippen LogP contribution >= 0.6 is 23.2 Å². The number of methoxy groups -OCH3 is 1. The summed E-state index contributed by atoms with van der Waals surface area (Å²) in [5.41, 5.74) is 2.17.